The molecule has 0 bridgehead atoms. The lowest BCUT2D eigenvalue weighted by Gasteiger charge is -2.23. The normalized spacial score (nSPS) is 19.5. The van der Waals surface area contributed by atoms with Gasteiger partial charge in [0.2, 0.25) is 5.91 Å². The molecule has 0 saturated carbocycles. The molecule has 2 aromatic rings. The Kier molecular flexibility index (Phi) is 6.05. The van der Waals surface area contributed by atoms with Gasteiger partial charge in [-0.1, -0.05) is 55.5 Å². The number of likely N-dealkylation sites (tertiary alicyclic amines) is 1. The SMILES string of the molecule is CCC(NC(=O)OCC1c2ccccc2-c2ccccc21)C(=O)N1CC(C(=O)O)C(F)(F)C1. The van der Waals surface area contributed by atoms with E-state index in [2.05, 4.69) is 5.32 Å². The first kappa shape index (κ1) is 22.7. The third-order valence-corrected chi connectivity index (χ3v) is 6.27. The highest BCUT2D eigenvalue weighted by atomic mass is 19.3. The molecule has 4 rings (SSSR count). The van der Waals surface area contributed by atoms with Crippen molar-refractivity contribution in [2.24, 2.45) is 5.92 Å². The predicted molar refractivity (Wildman–Crippen MR) is 115 cm³/mol. The molecule has 9 heteroatoms. The van der Waals surface area contributed by atoms with E-state index < -0.39 is 48.9 Å². The number of amides is 2. The number of nitrogens with zero attached hydrogens (tertiary/aromatic N) is 1. The molecule has 2 aliphatic rings. The topological polar surface area (TPSA) is 95.9 Å². The van der Waals surface area contributed by atoms with Gasteiger partial charge in [0.1, 0.15) is 18.6 Å². The molecule has 0 aromatic heterocycles. The molecule has 2 N–H and O–H groups in total. The second-order valence-corrected chi connectivity index (χ2v) is 8.30. The highest BCUT2D eigenvalue weighted by Gasteiger charge is 2.54. The van der Waals surface area contributed by atoms with Gasteiger partial charge in [0.05, 0.1) is 6.54 Å². The van der Waals surface area contributed by atoms with Crippen LogP contribution in [0, 0.1) is 5.92 Å². The van der Waals surface area contributed by atoms with Crippen molar-refractivity contribution in [2.75, 3.05) is 19.7 Å². The zero-order valence-corrected chi connectivity index (χ0v) is 18.0. The van der Waals surface area contributed by atoms with Crippen LogP contribution in [0.15, 0.2) is 48.5 Å². The monoisotopic (exact) mass is 458 g/mol. The smallest absolute Gasteiger partial charge is 0.407 e. The number of nitrogens with one attached hydrogen (secondary N) is 1. The maximum atomic E-state index is 13.9. The molecule has 1 fully saturated rings. The molecule has 33 heavy (non-hydrogen) atoms. The van der Waals surface area contributed by atoms with Crippen molar-refractivity contribution in [3.05, 3.63) is 59.7 Å². The summed E-state index contributed by atoms with van der Waals surface area (Å²) in [6, 6.07) is 14.6. The molecule has 174 valence electrons. The average molecular weight is 458 g/mol. The number of carboxylic acids is 1. The lowest BCUT2D eigenvalue weighted by Crippen LogP contribution is -2.48. The highest BCUT2D eigenvalue weighted by molar-refractivity contribution is 5.87. The maximum Gasteiger partial charge on any atom is 0.407 e. The Morgan fingerprint density at radius 1 is 1.12 bits per heavy atom. The Morgan fingerprint density at radius 3 is 2.21 bits per heavy atom. The molecule has 0 spiro atoms. The van der Waals surface area contributed by atoms with Crippen molar-refractivity contribution in [3.63, 3.8) is 0 Å². The van der Waals surface area contributed by atoms with Gasteiger partial charge in [-0.2, -0.15) is 0 Å². The van der Waals surface area contributed by atoms with Crippen LogP contribution in [-0.4, -0.2) is 59.6 Å². The van der Waals surface area contributed by atoms with E-state index in [-0.39, 0.29) is 18.9 Å². The van der Waals surface area contributed by atoms with E-state index in [4.69, 9.17) is 9.84 Å². The van der Waals surface area contributed by atoms with Crippen LogP contribution >= 0.6 is 0 Å². The fourth-order valence-electron chi connectivity index (χ4n) is 4.55. The summed E-state index contributed by atoms with van der Waals surface area (Å²) in [6.45, 7) is 0.0677. The van der Waals surface area contributed by atoms with Gasteiger partial charge in [0.25, 0.3) is 5.92 Å². The van der Waals surface area contributed by atoms with E-state index in [0.29, 0.717) is 0 Å². The van der Waals surface area contributed by atoms with E-state index in [1.165, 1.54) is 0 Å². The van der Waals surface area contributed by atoms with Crippen molar-refractivity contribution in [1.82, 2.24) is 10.2 Å². The second-order valence-electron chi connectivity index (χ2n) is 8.30. The van der Waals surface area contributed by atoms with Gasteiger partial charge in [0, 0.05) is 12.5 Å². The van der Waals surface area contributed by atoms with E-state index in [0.717, 1.165) is 27.2 Å². The molecule has 1 heterocycles. The van der Waals surface area contributed by atoms with Crippen LogP contribution in [0.3, 0.4) is 0 Å². The van der Waals surface area contributed by atoms with E-state index in [9.17, 15) is 23.2 Å². The number of hydrogen-bond acceptors (Lipinski definition) is 4. The van der Waals surface area contributed by atoms with Gasteiger partial charge < -0.3 is 20.1 Å². The molecule has 1 aliphatic carbocycles. The summed E-state index contributed by atoms with van der Waals surface area (Å²) in [6.07, 6.45) is -0.694. The van der Waals surface area contributed by atoms with E-state index in [1.54, 1.807) is 6.92 Å². The van der Waals surface area contributed by atoms with Gasteiger partial charge in [-0.05, 0) is 28.7 Å². The lowest BCUT2D eigenvalue weighted by atomic mass is 9.98. The molecule has 7 nitrogen and oxygen atoms in total. The number of alkyl carbamates (subject to hydrolysis) is 1. The molecule has 2 aromatic carbocycles. The summed E-state index contributed by atoms with van der Waals surface area (Å²) >= 11 is 0. The molecule has 1 aliphatic heterocycles. The molecular weight excluding hydrogens is 434 g/mol. The summed E-state index contributed by atoms with van der Waals surface area (Å²) in [5, 5.41) is 11.4. The first-order valence-corrected chi connectivity index (χ1v) is 10.7. The first-order valence-electron chi connectivity index (χ1n) is 10.7. The molecule has 0 radical (unpaired) electrons. The van der Waals surface area contributed by atoms with Crippen LogP contribution in [0.1, 0.15) is 30.4 Å². The first-order chi connectivity index (χ1) is 15.7. The van der Waals surface area contributed by atoms with Crippen molar-refractivity contribution in [3.8, 4) is 11.1 Å². The summed E-state index contributed by atoms with van der Waals surface area (Å²) < 4.78 is 33.3. The zero-order chi connectivity index (χ0) is 23.8. The standard InChI is InChI=1S/C24H24F2N2O5/c1-2-20(21(29)28-11-19(22(30)31)24(25,26)13-28)27-23(32)33-12-18-16-9-5-3-7-14(16)15-8-4-6-10-17(15)18/h3-10,18-20H,2,11-13H2,1H3,(H,27,32)(H,30,31). The number of hydrogen-bond donors (Lipinski definition) is 2. The Balaban J connectivity index is 1.40. The summed E-state index contributed by atoms with van der Waals surface area (Å²) in [7, 11) is 0. The van der Waals surface area contributed by atoms with Crippen LogP contribution in [0.5, 0.6) is 0 Å². The Hall–Kier alpha value is -3.49. The van der Waals surface area contributed by atoms with Gasteiger partial charge in [-0.15, -0.1) is 0 Å². The molecular formula is C24H24F2N2O5. The third-order valence-electron chi connectivity index (χ3n) is 6.27. The largest absolute Gasteiger partial charge is 0.481 e. The number of carbonyl (C=O) groups is 3. The van der Waals surface area contributed by atoms with Crippen molar-refractivity contribution in [2.45, 2.75) is 31.2 Å². The average Bonchev–Trinajstić information content (AvgIpc) is 3.29. The van der Waals surface area contributed by atoms with Crippen LogP contribution in [0.2, 0.25) is 0 Å². The Labute approximate surface area is 189 Å². The fourth-order valence-corrected chi connectivity index (χ4v) is 4.55. The van der Waals surface area contributed by atoms with Crippen LogP contribution in [0.4, 0.5) is 13.6 Å². The minimum absolute atomic E-state index is 0.0490. The van der Waals surface area contributed by atoms with Crippen molar-refractivity contribution in [1.29, 1.82) is 0 Å². The number of carbonyl (C=O) groups excluding carboxylic acids is 2. The van der Waals surface area contributed by atoms with Crippen LogP contribution in [-0.2, 0) is 14.3 Å². The predicted octanol–water partition coefficient (Wildman–Crippen LogP) is 3.48. The van der Waals surface area contributed by atoms with Crippen LogP contribution in [0.25, 0.3) is 11.1 Å². The number of aliphatic carboxylic acids is 1. The maximum absolute atomic E-state index is 13.9. The van der Waals surface area contributed by atoms with Crippen LogP contribution < -0.4 is 5.32 Å². The van der Waals surface area contributed by atoms with Gasteiger partial charge in [-0.25, -0.2) is 13.6 Å². The van der Waals surface area contributed by atoms with Gasteiger partial charge >= 0.3 is 12.1 Å². The lowest BCUT2D eigenvalue weighted by molar-refractivity contribution is -0.151. The van der Waals surface area contributed by atoms with Crippen molar-refractivity contribution >= 4 is 18.0 Å². The van der Waals surface area contributed by atoms with E-state index in [1.807, 2.05) is 48.5 Å². The van der Waals surface area contributed by atoms with Gasteiger partial charge in [0.15, 0.2) is 0 Å². The Morgan fingerprint density at radius 2 is 1.70 bits per heavy atom. The quantitative estimate of drug-likeness (QED) is 0.691. The fraction of sp³-hybridized carbons (Fsp3) is 0.375. The number of rotatable bonds is 6. The third kappa shape index (κ3) is 4.27. The number of benzene rings is 2. The summed E-state index contributed by atoms with van der Waals surface area (Å²) in [4.78, 5) is 37.0. The van der Waals surface area contributed by atoms with Crippen molar-refractivity contribution < 1.29 is 33.0 Å². The second kappa shape index (κ2) is 8.80. The number of fused-ring (bicyclic) bond motifs is 3. The minimum Gasteiger partial charge on any atom is -0.481 e. The summed E-state index contributed by atoms with van der Waals surface area (Å²) in [5.74, 6) is -8.06. The van der Waals surface area contributed by atoms with E-state index >= 15 is 0 Å². The Bertz CT molecular complexity index is 1040. The molecule has 1 saturated heterocycles. The molecule has 2 atom stereocenters. The number of ether oxygens (including phenoxy) is 1. The number of carboxylic acid groups (broad SMARTS) is 1. The van der Waals surface area contributed by atoms with Gasteiger partial charge in [-0.3, -0.25) is 9.59 Å². The number of halogens is 2. The number of alkyl halides is 2. The molecule has 2 amide bonds. The minimum atomic E-state index is -3.52. The zero-order valence-electron chi connectivity index (χ0n) is 18.0. The highest BCUT2D eigenvalue weighted by Crippen LogP contribution is 2.44. The molecule has 2 unspecified atom stereocenters. The summed E-state index contributed by atoms with van der Waals surface area (Å²) in [5.41, 5.74) is 4.22.